The summed E-state index contributed by atoms with van der Waals surface area (Å²) in [6.07, 6.45) is 4.76. The van der Waals surface area contributed by atoms with E-state index in [2.05, 4.69) is 0 Å². The molecule has 23 heavy (non-hydrogen) atoms. The maximum atomic E-state index is 13.2. The Morgan fingerprint density at radius 2 is 1.78 bits per heavy atom. The first-order valence-corrected chi connectivity index (χ1v) is 8.35. The topological polar surface area (TPSA) is 63.4 Å². The van der Waals surface area contributed by atoms with Crippen LogP contribution in [0.4, 0.5) is 4.39 Å². The minimum atomic E-state index is -0.468. The first-order valence-electron chi connectivity index (χ1n) is 8.35. The molecule has 1 saturated heterocycles. The van der Waals surface area contributed by atoms with Gasteiger partial charge in [0.1, 0.15) is 5.82 Å². The van der Waals surface area contributed by atoms with Gasteiger partial charge in [0.05, 0.1) is 5.41 Å². The molecule has 1 heterocycles. The summed E-state index contributed by atoms with van der Waals surface area (Å²) in [6, 6.07) is 6.35. The van der Waals surface area contributed by atoms with Gasteiger partial charge in [-0.3, -0.25) is 9.59 Å². The molecule has 1 aliphatic carbocycles. The van der Waals surface area contributed by atoms with Gasteiger partial charge in [-0.25, -0.2) is 4.39 Å². The van der Waals surface area contributed by atoms with E-state index < -0.39 is 5.41 Å². The fraction of sp³-hybridized carbons (Fsp3) is 0.556. The van der Waals surface area contributed by atoms with Crippen LogP contribution in [-0.2, 0) is 15.0 Å². The number of benzene rings is 1. The van der Waals surface area contributed by atoms with Crippen LogP contribution in [0.1, 0.15) is 44.1 Å². The predicted molar refractivity (Wildman–Crippen MR) is 85.0 cm³/mol. The quantitative estimate of drug-likeness (QED) is 0.926. The Hall–Kier alpha value is -1.91. The van der Waals surface area contributed by atoms with Crippen molar-refractivity contribution < 1.29 is 14.0 Å². The van der Waals surface area contributed by atoms with Crippen LogP contribution >= 0.6 is 0 Å². The second kappa shape index (κ2) is 6.30. The van der Waals surface area contributed by atoms with Crippen molar-refractivity contribution in [1.29, 1.82) is 0 Å². The molecule has 0 unspecified atom stereocenters. The van der Waals surface area contributed by atoms with Gasteiger partial charge in [0.15, 0.2) is 0 Å². The van der Waals surface area contributed by atoms with Gasteiger partial charge in [0.25, 0.3) is 0 Å². The van der Waals surface area contributed by atoms with E-state index in [1.54, 1.807) is 12.1 Å². The van der Waals surface area contributed by atoms with Crippen LogP contribution in [0.3, 0.4) is 0 Å². The summed E-state index contributed by atoms with van der Waals surface area (Å²) in [7, 11) is 0. The number of hydrogen-bond donors (Lipinski definition) is 1. The number of likely N-dealkylation sites (tertiary alicyclic amines) is 1. The van der Waals surface area contributed by atoms with E-state index in [4.69, 9.17) is 5.73 Å². The molecule has 0 aromatic heterocycles. The number of halogens is 1. The van der Waals surface area contributed by atoms with Gasteiger partial charge < -0.3 is 10.6 Å². The third-order valence-electron chi connectivity index (χ3n) is 5.40. The molecule has 0 spiro atoms. The zero-order valence-electron chi connectivity index (χ0n) is 13.3. The van der Waals surface area contributed by atoms with Crippen LogP contribution in [0.25, 0.3) is 0 Å². The minimum Gasteiger partial charge on any atom is -0.370 e. The molecule has 5 heteroatoms. The highest BCUT2D eigenvalue weighted by molar-refractivity contribution is 5.89. The molecule has 2 fully saturated rings. The molecular weight excluding hydrogens is 295 g/mol. The van der Waals surface area contributed by atoms with E-state index in [1.807, 2.05) is 4.90 Å². The average Bonchev–Trinajstić information content (AvgIpc) is 2.48. The molecule has 1 saturated carbocycles. The van der Waals surface area contributed by atoms with Crippen molar-refractivity contribution in [2.24, 2.45) is 11.7 Å². The minimum absolute atomic E-state index is 0.160. The second-order valence-electron chi connectivity index (χ2n) is 6.85. The van der Waals surface area contributed by atoms with Crippen LogP contribution < -0.4 is 5.73 Å². The van der Waals surface area contributed by atoms with E-state index in [9.17, 15) is 14.0 Å². The average molecular weight is 318 g/mol. The van der Waals surface area contributed by atoms with Crippen molar-refractivity contribution in [2.75, 3.05) is 13.1 Å². The van der Waals surface area contributed by atoms with Crippen molar-refractivity contribution in [3.8, 4) is 0 Å². The van der Waals surface area contributed by atoms with Gasteiger partial charge in [-0.15, -0.1) is 0 Å². The third-order valence-corrected chi connectivity index (χ3v) is 5.40. The highest BCUT2D eigenvalue weighted by atomic mass is 19.1. The second-order valence-corrected chi connectivity index (χ2v) is 6.85. The zero-order chi connectivity index (χ0) is 16.4. The largest absolute Gasteiger partial charge is 0.370 e. The van der Waals surface area contributed by atoms with Crippen molar-refractivity contribution in [3.05, 3.63) is 35.6 Å². The third kappa shape index (κ3) is 3.09. The molecule has 3 rings (SSSR count). The lowest BCUT2D eigenvalue weighted by atomic mass is 9.63. The Bertz CT molecular complexity index is 588. The molecule has 0 radical (unpaired) electrons. The normalized spacial score (nSPS) is 20.8. The first kappa shape index (κ1) is 16.0. The molecule has 2 aliphatic rings. The van der Waals surface area contributed by atoms with E-state index in [0.29, 0.717) is 25.4 Å². The van der Waals surface area contributed by atoms with E-state index in [1.165, 1.54) is 12.1 Å². The number of primary amides is 1. The zero-order valence-corrected chi connectivity index (χ0v) is 13.3. The Balaban J connectivity index is 1.69. The maximum Gasteiger partial charge on any atom is 0.233 e. The van der Waals surface area contributed by atoms with Gasteiger partial charge in [-0.05, 0) is 49.3 Å². The van der Waals surface area contributed by atoms with Gasteiger partial charge >= 0.3 is 0 Å². The van der Waals surface area contributed by atoms with Crippen molar-refractivity contribution in [1.82, 2.24) is 4.90 Å². The van der Waals surface area contributed by atoms with Crippen molar-refractivity contribution in [2.45, 2.75) is 43.9 Å². The summed E-state index contributed by atoms with van der Waals surface area (Å²) >= 11 is 0. The van der Waals surface area contributed by atoms with Crippen LogP contribution in [0.5, 0.6) is 0 Å². The Labute approximate surface area is 135 Å². The summed E-state index contributed by atoms with van der Waals surface area (Å²) in [4.78, 5) is 26.0. The van der Waals surface area contributed by atoms with Gasteiger partial charge in [0.2, 0.25) is 11.8 Å². The lowest BCUT2D eigenvalue weighted by Crippen LogP contribution is -2.53. The summed E-state index contributed by atoms with van der Waals surface area (Å²) < 4.78 is 13.2. The lowest BCUT2D eigenvalue weighted by molar-refractivity contribution is -0.142. The Morgan fingerprint density at radius 1 is 1.17 bits per heavy atom. The van der Waals surface area contributed by atoms with E-state index in [-0.39, 0.29) is 17.6 Å². The molecule has 124 valence electrons. The van der Waals surface area contributed by atoms with E-state index in [0.717, 1.165) is 37.7 Å². The molecule has 1 aromatic carbocycles. The molecular formula is C18H23FN2O2. The number of hydrogen-bond acceptors (Lipinski definition) is 2. The monoisotopic (exact) mass is 318 g/mol. The smallest absolute Gasteiger partial charge is 0.233 e. The fourth-order valence-corrected chi connectivity index (χ4v) is 3.85. The molecule has 1 aromatic rings. The Morgan fingerprint density at radius 3 is 2.26 bits per heavy atom. The highest BCUT2D eigenvalue weighted by Crippen LogP contribution is 2.45. The number of carbonyl (C=O) groups is 2. The summed E-state index contributed by atoms with van der Waals surface area (Å²) in [5.41, 5.74) is 5.71. The standard InChI is InChI=1S/C18H23FN2O2/c19-15-4-2-14(3-5-15)18(8-1-9-18)17(23)21-10-6-13(7-11-21)12-16(20)22/h2-5,13H,1,6-12H2,(H2,20,22). The van der Waals surface area contributed by atoms with E-state index >= 15 is 0 Å². The van der Waals surface area contributed by atoms with Gasteiger partial charge in [-0.2, -0.15) is 0 Å². The molecule has 2 N–H and O–H groups in total. The van der Waals surface area contributed by atoms with Crippen molar-refractivity contribution >= 4 is 11.8 Å². The number of rotatable bonds is 4. The fourth-order valence-electron chi connectivity index (χ4n) is 3.85. The summed E-state index contributed by atoms with van der Waals surface area (Å²) in [5.74, 6) is -0.0907. The number of amides is 2. The number of nitrogens with two attached hydrogens (primary N) is 1. The lowest BCUT2D eigenvalue weighted by Gasteiger charge is -2.45. The van der Waals surface area contributed by atoms with Crippen LogP contribution in [-0.4, -0.2) is 29.8 Å². The maximum absolute atomic E-state index is 13.2. The highest BCUT2D eigenvalue weighted by Gasteiger charge is 2.48. The van der Waals surface area contributed by atoms with Crippen LogP contribution in [0.15, 0.2) is 24.3 Å². The first-order chi connectivity index (χ1) is 11.0. The molecule has 0 atom stereocenters. The molecule has 4 nitrogen and oxygen atoms in total. The van der Waals surface area contributed by atoms with Crippen LogP contribution in [0, 0.1) is 11.7 Å². The SMILES string of the molecule is NC(=O)CC1CCN(C(=O)C2(c3ccc(F)cc3)CCC2)CC1. The van der Waals surface area contributed by atoms with Crippen LogP contribution in [0.2, 0.25) is 0 Å². The van der Waals surface area contributed by atoms with Crippen molar-refractivity contribution in [3.63, 3.8) is 0 Å². The van der Waals surface area contributed by atoms with Gasteiger partial charge in [0, 0.05) is 19.5 Å². The molecule has 1 aliphatic heterocycles. The number of nitrogens with zero attached hydrogens (tertiary/aromatic N) is 1. The molecule has 0 bridgehead atoms. The summed E-state index contributed by atoms with van der Waals surface area (Å²) in [5, 5.41) is 0. The number of piperidine rings is 1. The predicted octanol–water partition coefficient (Wildman–Crippen LogP) is 2.36. The summed E-state index contributed by atoms with van der Waals surface area (Å²) in [6.45, 7) is 1.36. The number of carbonyl (C=O) groups excluding carboxylic acids is 2. The Kier molecular flexibility index (Phi) is 4.37. The molecule has 2 amide bonds. The van der Waals surface area contributed by atoms with Gasteiger partial charge in [-0.1, -0.05) is 18.6 Å².